The van der Waals surface area contributed by atoms with Gasteiger partial charge in [-0.25, -0.2) is 4.98 Å². The van der Waals surface area contributed by atoms with Crippen LogP contribution in [0.5, 0.6) is 0 Å². The molecule has 0 saturated heterocycles. The number of nitrogens with zero attached hydrogens (tertiary/aromatic N) is 2. The zero-order chi connectivity index (χ0) is 22.4. The van der Waals surface area contributed by atoms with Crippen LogP contribution < -0.4 is 0 Å². The Morgan fingerprint density at radius 3 is 2.52 bits per heavy atom. The molecule has 0 spiro atoms. The molecule has 3 nitrogen and oxygen atoms in total. The van der Waals surface area contributed by atoms with E-state index in [1.165, 1.54) is 16.3 Å². The number of fused-ring (bicyclic) bond motifs is 4. The van der Waals surface area contributed by atoms with Crippen LogP contribution in [0.25, 0.3) is 55.0 Å². The molecule has 0 N–H and O–H groups in total. The summed E-state index contributed by atoms with van der Waals surface area (Å²) in [6.07, 6.45) is 4.58. The Balaban J connectivity index is 1.52. The van der Waals surface area contributed by atoms with Gasteiger partial charge >= 0.3 is 0 Å². The van der Waals surface area contributed by atoms with Crippen molar-refractivity contribution in [3.63, 3.8) is 0 Å². The molecular formula is C30H24N2O. The van der Waals surface area contributed by atoms with E-state index < -0.39 is 0 Å². The van der Waals surface area contributed by atoms with E-state index in [-0.39, 0.29) is 0 Å². The summed E-state index contributed by atoms with van der Waals surface area (Å²) in [6.45, 7) is 4.43. The highest BCUT2D eigenvalue weighted by atomic mass is 16.3. The van der Waals surface area contributed by atoms with Gasteiger partial charge in [0, 0.05) is 28.2 Å². The fourth-order valence-electron chi connectivity index (χ4n) is 4.62. The van der Waals surface area contributed by atoms with Crippen molar-refractivity contribution in [2.24, 2.45) is 5.92 Å². The molecule has 3 heterocycles. The molecule has 0 radical (unpaired) electrons. The lowest BCUT2D eigenvalue weighted by Crippen LogP contribution is -1.98. The second-order valence-corrected chi connectivity index (χ2v) is 9.05. The van der Waals surface area contributed by atoms with E-state index in [0.717, 1.165) is 50.8 Å². The Labute approximate surface area is 192 Å². The molecule has 160 valence electrons. The van der Waals surface area contributed by atoms with Gasteiger partial charge in [-0.1, -0.05) is 56.3 Å². The van der Waals surface area contributed by atoms with Gasteiger partial charge in [0.15, 0.2) is 5.58 Å². The highest BCUT2D eigenvalue weighted by Crippen LogP contribution is 2.35. The Morgan fingerprint density at radius 1 is 0.788 bits per heavy atom. The Morgan fingerprint density at radius 2 is 1.64 bits per heavy atom. The molecule has 6 aromatic rings. The van der Waals surface area contributed by atoms with Gasteiger partial charge in [0.1, 0.15) is 5.52 Å². The summed E-state index contributed by atoms with van der Waals surface area (Å²) in [5.41, 5.74) is 7.18. The van der Waals surface area contributed by atoms with Crippen LogP contribution >= 0.6 is 0 Å². The third-order valence-corrected chi connectivity index (χ3v) is 6.19. The SMILES string of the molecule is CC(C)Cc1ccc2c(-c3cc(-c4ccc5ccccc5c4)ccn3)cc3ccoc3c2n1. The average Bonchev–Trinajstić information content (AvgIpc) is 3.32. The molecular weight excluding hydrogens is 404 g/mol. The second-order valence-electron chi connectivity index (χ2n) is 9.05. The van der Waals surface area contributed by atoms with E-state index in [0.29, 0.717) is 5.92 Å². The first-order chi connectivity index (χ1) is 16.2. The molecule has 0 bridgehead atoms. The number of benzene rings is 3. The molecule has 0 atom stereocenters. The number of hydrogen-bond acceptors (Lipinski definition) is 3. The maximum atomic E-state index is 5.83. The predicted molar refractivity (Wildman–Crippen MR) is 136 cm³/mol. The molecule has 3 aromatic heterocycles. The van der Waals surface area contributed by atoms with Crippen molar-refractivity contribution in [1.82, 2.24) is 9.97 Å². The Kier molecular flexibility index (Phi) is 4.69. The number of hydrogen-bond donors (Lipinski definition) is 0. The molecule has 6 rings (SSSR count). The Hall–Kier alpha value is -3.98. The topological polar surface area (TPSA) is 38.9 Å². The van der Waals surface area contributed by atoms with Crippen molar-refractivity contribution < 1.29 is 4.42 Å². The first-order valence-electron chi connectivity index (χ1n) is 11.4. The fourth-order valence-corrected chi connectivity index (χ4v) is 4.62. The van der Waals surface area contributed by atoms with E-state index >= 15 is 0 Å². The summed E-state index contributed by atoms with van der Waals surface area (Å²) in [5, 5.41) is 4.59. The monoisotopic (exact) mass is 428 g/mol. The first-order valence-corrected chi connectivity index (χ1v) is 11.4. The van der Waals surface area contributed by atoms with Crippen LogP contribution in [0.1, 0.15) is 19.5 Å². The van der Waals surface area contributed by atoms with Gasteiger partial charge in [-0.3, -0.25) is 4.98 Å². The lowest BCUT2D eigenvalue weighted by Gasteiger charge is -2.11. The zero-order valence-corrected chi connectivity index (χ0v) is 18.7. The van der Waals surface area contributed by atoms with E-state index in [1.54, 1.807) is 6.26 Å². The fraction of sp³-hybridized carbons (Fsp3) is 0.133. The van der Waals surface area contributed by atoms with Crippen molar-refractivity contribution in [3.05, 3.63) is 97.0 Å². The molecule has 0 fully saturated rings. The summed E-state index contributed by atoms with van der Waals surface area (Å²) in [4.78, 5) is 9.75. The number of furan rings is 1. The quantitative estimate of drug-likeness (QED) is 0.285. The molecule has 0 aliphatic rings. The standard InChI is InChI=1S/C30H24N2O/c1-19(2)15-25-9-10-26-27(17-24-12-14-33-30(24)29(26)32-25)28-18-23(11-13-31-28)22-8-7-20-5-3-4-6-21(20)16-22/h3-14,16-19H,15H2,1-2H3. The van der Waals surface area contributed by atoms with E-state index in [4.69, 9.17) is 14.4 Å². The normalized spacial score (nSPS) is 11.7. The van der Waals surface area contributed by atoms with Crippen LogP contribution in [0, 0.1) is 5.92 Å². The van der Waals surface area contributed by atoms with Crippen molar-refractivity contribution >= 4 is 32.6 Å². The molecule has 0 amide bonds. The van der Waals surface area contributed by atoms with Gasteiger partial charge in [0.25, 0.3) is 0 Å². The van der Waals surface area contributed by atoms with Gasteiger partial charge in [0.05, 0.1) is 12.0 Å². The maximum absolute atomic E-state index is 5.83. The Bertz CT molecular complexity index is 1630. The summed E-state index contributed by atoms with van der Waals surface area (Å²) in [7, 11) is 0. The van der Waals surface area contributed by atoms with Crippen molar-refractivity contribution in [1.29, 1.82) is 0 Å². The summed E-state index contributed by atoms with van der Waals surface area (Å²) in [6, 6.07) is 27.8. The minimum Gasteiger partial charge on any atom is -0.462 e. The molecule has 3 aromatic carbocycles. The van der Waals surface area contributed by atoms with Gasteiger partial charge in [-0.15, -0.1) is 0 Å². The van der Waals surface area contributed by atoms with Crippen LogP contribution in [0.4, 0.5) is 0 Å². The third kappa shape index (κ3) is 3.56. The van der Waals surface area contributed by atoms with Crippen LogP contribution in [-0.2, 0) is 6.42 Å². The van der Waals surface area contributed by atoms with Crippen molar-refractivity contribution in [2.45, 2.75) is 20.3 Å². The first kappa shape index (κ1) is 19.7. The molecule has 0 unspecified atom stereocenters. The minimum absolute atomic E-state index is 0.547. The molecule has 0 aliphatic carbocycles. The van der Waals surface area contributed by atoms with Crippen LogP contribution in [0.2, 0.25) is 0 Å². The highest BCUT2D eigenvalue weighted by molar-refractivity contribution is 6.09. The molecule has 0 saturated carbocycles. The maximum Gasteiger partial charge on any atom is 0.160 e. The van der Waals surface area contributed by atoms with E-state index in [1.807, 2.05) is 12.3 Å². The van der Waals surface area contributed by atoms with Crippen LogP contribution in [0.3, 0.4) is 0 Å². The molecule has 3 heteroatoms. The second kappa shape index (κ2) is 7.86. The molecule has 33 heavy (non-hydrogen) atoms. The van der Waals surface area contributed by atoms with Crippen molar-refractivity contribution in [2.75, 3.05) is 0 Å². The number of aromatic nitrogens is 2. The third-order valence-electron chi connectivity index (χ3n) is 6.19. The lowest BCUT2D eigenvalue weighted by molar-refractivity contribution is 0.616. The minimum atomic E-state index is 0.547. The summed E-state index contributed by atoms with van der Waals surface area (Å²) < 4.78 is 5.83. The van der Waals surface area contributed by atoms with Gasteiger partial charge in [0.2, 0.25) is 0 Å². The summed E-state index contributed by atoms with van der Waals surface area (Å²) >= 11 is 0. The van der Waals surface area contributed by atoms with Crippen LogP contribution in [0.15, 0.2) is 95.7 Å². The van der Waals surface area contributed by atoms with Crippen LogP contribution in [-0.4, -0.2) is 9.97 Å². The van der Waals surface area contributed by atoms with Gasteiger partial charge in [-0.05, 0) is 70.6 Å². The largest absolute Gasteiger partial charge is 0.462 e. The van der Waals surface area contributed by atoms with Crippen molar-refractivity contribution in [3.8, 4) is 22.4 Å². The van der Waals surface area contributed by atoms with E-state index in [9.17, 15) is 0 Å². The average molecular weight is 429 g/mol. The molecule has 0 aliphatic heterocycles. The highest BCUT2D eigenvalue weighted by Gasteiger charge is 2.15. The number of rotatable bonds is 4. The number of pyridine rings is 2. The lowest BCUT2D eigenvalue weighted by atomic mass is 9.97. The predicted octanol–water partition coefficient (Wildman–Crippen LogP) is 8.06. The van der Waals surface area contributed by atoms with Gasteiger partial charge < -0.3 is 4.42 Å². The zero-order valence-electron chi connectivity index (χ0n) is 18.7. The van der Waals surface area contributed by atoms with E-state index in [2.05, 4.69) is 86.6 Å². The van der Waals surface area contributed by atoms with Gasteiger partial charge in [-0.2, -0.15) is 0 Å². The summed E-state index contributed by atoms with van der Waals surface area (Å²) in [5.74, 6) is 0.547. The smallest absolute Gasteiger partial charge is 0.160 e.